The molecule has 0 aliphatic carbocycles. The second-order valence-electron chi connectivity index (χ2n) is 3.33. The van der Waals surface area contributed by atoms with Gasteiger partial charge in [-0.1, -0.05) is 23.2 Å². The number of nitrogens with one attached hydrogen (secondary N) is 1. The summed E-state index contributed by atoms with van der Waals surface area (Å²) in [4.78, 5) is 26.1. The molecule has 0 aliphatic rings. The number of carbonyl (C=O) groups is 1. The number of benzene rings is 1. The first-order valence-corrected chi connectivity index (χ1v) is 5.39. The Morgan fingerprint density at radius 3 is 2.71 bits per heavy atom. The fourth-order valence-corrected chi connectivity index (χ4v) is 2.06. The molecule has 88 valence electrons. The summed E-state index contributed by atoms with van der Waals surface area (Å²) in [5, 5.41) is 0.904. The first-order valence-electron chi connectivity index (χ1n) is 4.63. The number of aromatic nitrogens is 1. The van der Waals surface area contributed by atoms with E-state index in [2.05, 4.69) is 9.72 Å². The average Bonchev–Trinajstić information content (AvgIpc) is 2.29. The minimum Gasteiger partial charge on any atom is -0.465 e. The van der Waals surface area contributed by atoms with E-state index in [1.54, 1.807) is 0 Å². The monoisotopic (exact) mass is 271 g/mol. The van der Waals surface area contributed by atoms with E-state index in [-0.39, 0.29) is 10.9 Å². The largest absolute Gasteiger partial charge is 0.465 e. The standard InChI is InChI=1S/C11H7Cl2NO3/c1-17-11(16)7-4-14-9-6(10(7)15)2-5(12)3-8(9)13/h2-4H,1H3,(H,14,15). The summed E-state index contributed by atoms with van der Waals surface area (Å²) in [6, 6.07) is 2.97. The van der Waals surface area contributed by atoms with Gasteiger partial charge in [0.05, 0.1) is 17.6 Å². The van der Waals surface area contributed by atoms with Gasteiger partial charge in [0.1, 0.15) is 5.56 Å². The number of H-pyrrole nitrogens is 1. The summed E-state index contributed by atoms with van der Waals surface area (Å²) in [7, 11) is 1.21. The number of hydrogen-bond acceptors (Lipinski definition) is 3. The molecule has 6 heteroatoms. The molecule has 0 spiro atoms. The zero-order valence-electron chi connectivity index (χ0n) is 8.71. The smallest absolute Gasteiger partial charge is 0.343 e. The Balaban J connectivity index is 2.85. The van der Waals surface area contributed by atoms with Crippen LogP contribution in [0.25, 0.3) is 10.9 Å². The van der Waals surface area contributed by atoms with Crippen molar-refractivity contribution in [2.45, 2.75) is 0 Å². The van der Waals surface area contributed by atoms with E-state index in [1.807, 2.05) is 0 Å². The lowest BCUT2D eigenvalue weighted by molar-refractivity contribution is 0.0599. The molecule has 4 nitrogen and oxygen atoms in total. The van der Waals surface area contributed by atoms with Crippen LogP contribution in [0.15, 0.2) is 23.1 Å². The van der Waals surface area contributed by atoms with Gasteiger partial charge in [-0.2, -0.15) is 0 Å². The maximum Gasteiger partial charge on any atom is 0.343 e. The molecule has 0 fully saturated rings. The first-order chi connectivity index (χ1) is 8.04. The molecule has 17 heavy (non-hydrogen) atoms. The number of aromatic amines is 1. The van der Waals surface area contributed by atoms with Crippen molar-refractivity contribution in [1.29, 1.82) is 0 Å². The van der Waals surface area contributed by atoms with Gasteiger partial charge in [0.2, 0.25) is 5.43 Å². The van der Waals surface area contributed by atoms with Crippen LogP contribution in [0, 0.1) is 0 Å². The summed E-state index contributed by atoms with van der Waals surface area (Å²) >= 11 is 11.7. The normalized spacial score (nSPS) is 10.5. The van der Waals surface area contributed by atoms with Crippen LogP contribution in [-0.4, -0.2) is 18.1 Å². The number of rotatable bonds is 1. The average molecular weight is 272 g/mol. The lowest BCUT2D eigenvalue weighted by atomic mass is 10.1. The van der Waals surface area contributed by atoms with Crippen molar-refractivity contribution in [2.75, 3.05) is 7.11 Å². The molecule has 0 saturated heterocycles. The second-order valence-corrected chi connectivity index (χ2v) is 4.18. The van der Waals surface area contributed by atoms with Crippen molar-refractivity contribution < 1.29 is 9.53 Å². The van der Waals surface area contributed by atoms with Crippen LogP contribution >= 0.6 is 23.2 Å². The van der Waals surface area contributed by atoms with Gasteiger partial charge in [0, 0.05) is 16.6 Å². The molecule has 0 aliphatic heterocycles. The molecule has 0 amide bonds. The Morgan fingerprint density at radius 1 is 1.35 bits per heavy atom. The molecule has 2 aromatic rings. The predicted octanol–water partition coefficient (Wildman–Crippen LogP) is 2.62. The number of pyridine rings is 1. The topological polar surface area (TPSA) is 59.2 Å². The van der Waals surface area contributed by atoms with Gasteiger partial charge in [-0.15, -0.1) is 0 Å². The van der Waals surface area contributed by atoms with Crippen LogP contribution in [0.4, 0.5) is 0 Å². The zero-order valence-corrected chi connectivity index (χ0v) is 10.2. The minimum atomic E-state index is -0.704. The van der Waals surface area contributed by atoms with Gasteiger partial charge in [-0.25, -0.2) is 4.79 Å². The van der Waals surface area contributed by atoms with E-state index in [4.69, 9.17) is 23.2 Å². The Labute approximate surface area is 106 Å². The van der Waals surface area contributed by atoms with Crippen molar-refractivity contribution in [3.8, 4) is 0 Å². The molecular weight excluding hydrogens is 265 g/mol. The third-order valence-corrected chi connectivity index (χ3v) is 2.83. The van der Waals surface area contributed by atoms with Crippen LogP contribution in [-0.2, 0) is 4.74 Å². The van der Waals surface area contributed by atoms with Gasteiger partial charge in [-0.05, 0) is 12.1 Å². The van der Waals surface area contributed by atoms with Crippen LogP contribution in [0.3, 0.4) is 0 Å². The number of hydrogen-bond donors (Lipinski definition) is 1. The van der Waals surface area contributed by atoms with E-state index in [0.717, 1.165) is 0 Å². The number of methoxy groups -OCH3 is 1. The molecule has 0 unspecified atom stereocenters. The van der Waals surface area contributed by atoms with Gasteiger partial charge in [-0.3, -0.25) is 4.79 Å². The third kappa shape index (κ3) is 2.01. The summed E-state index contributed by atoms with van der Waals surface area (Å²) < 4.78 is 4.50. The SMILES string of the molecule is COC(=O)c1c[nH]c2c(Cl)cc(Cl)cc2c1=O. The first kappa shape index (κ1) is 12.0. The second kappa shape index (κ2) is 4.39. The van der Waals surface area contributed by atoms with E-state index in [1.165, 1.54) is 25.4 Å². The molecule has 1 heterocycles. The number of ether oxygens (including phenoxy) is 1. The maximum absolute atomic E-state index is 12.0. The Bertz CT molecular complexity index is 664. The zero-order chi connectivity index (χ0) is 12.6. The van der Waals surface area contributed by atoms with E-state index in [0.29, 0.717) is 15.6 Å². The molecule has 1 N–H and O–H groups in total. The highest BCUT2D eigenvalue weighted by Crippen LogP contribution is 2.24. The number of esters is 1. The van der Waals surface area contributed by atoms with Crippen LogP contribution in [0.2, 0.25) is 10.0 Å². The van der Waals surface area contributed by atoms with Crippen LogP contribution < -0.4 is 5.43 Å². The predicted molar refractivity (Wildman–Crippen MR) is 65.9 cm³/mol. The van der Waals surface area contributed by atoms with E-state index >= 15 is 0 Å². The highest BCUT2D eigenvalue weighted by atomic mass is 35.5. The quantitative estimate of drug-likeness (QED) is 0.812. The van der Waals surface area contributed by atoms with Gasteiger partial charge in [0.25, 0.3) is 0 Å². The minimum absolute atomic E-state index is 0.0849. The summed E-state index contributed by atoms with van der Waals surface area (Å²) in [6.07, 6.45) is 1.27. The third-order valence-electron chi connectivity index (χ3n) is 2.31. The molecule has 1 aromatic carbocycles. The van der Waals surface area contributed by atoms with Crippen molar-refractivity contribution in [2.24, 2.45) is 0 Å². The maximum atomic E-state index is 12.0. The number of fused-ring (bicyclic) bond motifs is 1. The lowest BCUT2D eigenvalue weighted by Crippen LogP contribution is -2.17. The van der Waals surface area contributed by atoms with Gasteiger partial charge < -0.3 is 9.72 Å². The van der Waals surface area contributed by atoms with E-state index < -0.39 is 11.4 Å². The van der Waals surface area contributed by atoms with Crippen molar-refractivity contribution in [3.05, 3.63) is 44.2 Å². The molecule has 0 atom stereocenters. The molecule has 1 aromatic heterocycles. The fraction of sp³-hybridized carbons (Fsp3) is 0.0909. The molecular formula is C11H7Cl2NO3. The number of halogens is 2. The Hall–Kier alpha value is -1.52. The van der Waals surface area contributed by atoms with Crippen LogP contribution in [0.5, 0.6) is 0 Å². The van der Waals surface area contributed by atoms with Gasteiger partial charge >= 0.3 is 5.97 Å². The number of carbonyl (C=O) groups excluding carboxylic acids is 1. The molecule has 0 saturated carbocycles. The molecule has 2 rings (SSSR count). The lowest BCUT2D eigenvalue weighted by Gasteiger charge is -2.04. The highest BCUT2D eigenvalue weighted by molar-refractivity contribution is 6.38. The van der Waals surface area contributed by atoms with Crippen molar-refractivity contribution >= 4 is 40.1 Å². The Kier molecular flexibility index (Phi) is 3.09. The summed E-state index contributed by atoms with van der Waals surface area (Å²) in [6.45, 7) is 0. The molecule has 0 bridgehead atoms. The fourth-order valence-electron chi connectivity index (χ4n) is 1.52. The van der Waals surface area contributed by atoms with Crippen molar-refractivity contribution in [3.63, 3.8) is 0 Å². The summed E-state index contributed by atoms with van der Waals surface area (Å²) in [5.74, 6) is -0.704. The van der Waals surface area contributed by atoms with Crippen LogP contribution in [0.1, 0.15) is 10.4 Å². The highest BCUT2D eigenvalue weighted by Gasteiger charge is 2.14. The Morgan fingerprint density at radius 2 is 2.06 bits per heavy atom. The van der Waals surface area contributed by atoms with Gasteiger partial charge in [0.15, 0.2) is 0 Å². The summed E-state index contributed by atoms with van der Waals surface area (Å²) in [5.41, 5.74) is -0.109. The molecule has 0 radical (unpaired) electrons. The van der Waals surface area contributed by atoms with Crippen molar-refractivity contribution in [1.82, 2.24) is 4.98 Å². The van der Waals surface area contributed by atoms with E-state index in [9.17, 15) is 9.59 Å².